The summed E-state index contributed by atoms with van der Waals surface area (Å²) in [4.78, 5) is 10.4. The maximum atomic E-state index is 12.3. The predicted molar refractivity (Wildman–Crippen MR) is 33.5 cm³/mol. The molecule has 0 radical (unpaired) electrons. The summed E-state index contributed by atoms with van der Waals surface area (Å²) in [7, 11) is 0. The SMILES string of the molecule is CCOC(=O)C(F)OCC(F)F. The van der Waals surface area contributed by atoms with E-state index in [0.717, 1.165) is 0 Å². The fourth-order valence-corrected chi connectivity index (χ4v) is 0.433. The van der Waals surface area contributed by atoms with Gasteiger partial charge in [-0.3, -0.25) is 0 Å². The molecule has 6 heteroatoms. The maximum Gasteiger partial charge on any atom is 0.368 e. The Bertz CT molecular complexity index is 140. The van der Waals surface area contributed by atoms with E-state index < -0.39 is 25.4 Å². The van der Waals surface area contributed by atoms with E-state index in [0.29, 0.717) is 0 Å². The minimum Gasteiger partial charge on any atom is -0.462 e. The van der Waals surface area contributed by atoms with Crippen LogP contribution < -0.4 is 0 Å². The minimum atomic E-state index is -2.79. The van der Waals surface area contributed by atoms with Crippen LogP contribution in [0.5, 0.6) is 0 Å². The molecule has 0 aliphatic rings. The number of alkyl halides is 3. The molecule has 0 aromatic heterocycles. The summed E-state index contributed by atoms with van der Waals surface area (Å²) in [5.41, 5.74) is 0. The van der Waals surface area contributed by atoms with Gasteiger partial charge in [-0.05, 0) is 6.92 Å². The first-order chi connectivity index (χ1) is 5.57. The third kappa shape index (κ3) is 4.95. The van der Waals surface area contributed by atoms with Crippen molar-refractivity contribution in [2.24, 2.45) is 0 Å². The predicted octanol–water partition coefficient (Wildman–Crippen LogP) is 1.13. The van der Waals surface area contributed by atoms with E-state index in [-0.39, 0.29) is 6.61 Å². The number of hydrogen-bond donors (Lipinski definition) is 0. The summed E-state index contributed by atoms with van der Waals surface area (Å²) < 4.78 is 43.1. The smallest absolute Gasteiger partial charge is 0.368 e. The van der Waals surface area contributed by atoms with E-state index in [4.69, 9.17) is 0 Å². The van der Waals surface area contributed by atoms with Crippen molar-refractivity contribution in [2.45, 2.75) is 19.7 Å². The van der Waals surface area contributed by atoms with Crippen LogP contribution in [0, 0.1) is 0 Å². The first kappa shape index (κ1) is 11.2. The normalized spacial score (nSPS) is 13.1. The topological polar surface area (TPSA) is 35.5 Å². The third-order valence-corrected chi connectivity index (χ3v) is 0.840. The number of carbonyl (C=O) groups excluding carboxylic acids is 1. The second-order valence-corrected chi connectivity index (χ2v) is 1.79. The largest absolute Gasteiger partial charge is 0.462 e. The van der Waals surface area contributed by atoms with Gasteiger partial charge >= 0.3 is 5.97 Å². The van der Waals surface area contributed by atoms with Crippen molar-refractivity contribution < 1.29 is 27.4 Å². The molecule has 0 aromatic carbocycles. The van der Waals surface area contributed by atoms with E-state index in [1.807, 2.05) is 0 Å². The Labute approximate surface area is 67.4 Å². The van der Waals surface area contributed by atoms with Crippen LogP contribution in [0.15, 0.2) is 0 Å². The van der Waals surface area contributed by atoms with Crippen LogP contribution in [0.1, 0.15) is 6.92 Å². The van der Waals surface area contributed by atoms with E-state index in [1.165, 1.54) is 6.92 Å². The van der Waals surface area contributed by atoms with Gasteiger partial charge in [0.05, 0.1) is 6.61 Å². The highest BCUT2D eigenvalue weighted by molar-refractivity contribution is 5.72. The lowest BCUT2D eigenvalue weighted by Crippen LogP contribution is -2.24. The average Bonchev–Trinajstić information content (AvgIpc) is 2.00. The van der Waals surface area contributed by atoms with Gasteiger partial charge in [0.25, 0.3) is 12.8 Å². The Morgan fingerprint density at radius 2 is 2.00 bits per heavy atom. The second kappa shape index (κ2) is 5.82. The maximum absolute atomic E-state index is 12.3. The molecule has 0 aliphatic heterocycles. The molecule has 0 saturated carbocycles. The molecule has 0 aromatic rings. The highest BCUT2D eigenvalue weighted by Crippen LogP contribution is 2.01. The number of hydrogen-bond acceptors (Lipinski definition) is 3. The van der Waals surface area contributed by atoms with Crippen LogP contribution in [0.25, 0.3) is 0 Å². The van der Waals surface area contributed by atoms with E-state index in [9.17, 15) is 18.0 Å². The highest BCUT2D eigenvalue weighted by atomic mass is 19.3. The van der Waals surface area contributed by atoms with Gasteiger partial charge < -0.3 is 9.47 Å². The lowest BCUT2D eigenvalue weighted by molar-refractivity contribution is -0.173. The summed E-state index contributed by atoms with van der Waals surface area (Å²) >= 11 is 0. The summed E-state index contributed by atoms with van der Waals surface area (Å²) in [6.07, 6.45) is -5.21. The average molecular weight is 186 g/mol. The number of halogens is 3. The number of ether oxygens (including phenoxy) is 2. The molecule has 0 bridgehead atoms. The zero-order valence-electron chi connectivity index (χ0n) is 6.43. The van der Waals surface area contributed by atoms with Crippen LogP contribution in [0.3, 0.4) is 0 Å². The van der Waals surface area contributed by atoms with E-state index in [1.54, 1.807) is 0 Å². The van der Waals surface area contributed by atoms with Gasteiger partial charge in [0.15, 0.2) is 0 Å². The van der Waals surface area contributed by atoms with Crippen molar-refractivity contribution >= 4 is 5.97 Å². The van der Waals surface area contributed by atoms with Crippen LogP contribution >= 0.6 is 0 Å². The number of carbonyl (C=O) groups is 1. The molecule has 12 heavy (non-hydrogen) atoms. The standard InChI is InChI=1S/C6H9F3O3/c1-2-11-6(10)5(9)12-3-4(7)8/h4-5H,2-3H2,1H3. The molecule has 72 valence electrons. The summed E-state index contributed by atoms with van der Waals surface area (Å²) in [5, 5.41) is 0. The van der Waals surface area contributed by atoms with Crippen molar-refractivity contribution in [2.75, 3.05) is 13.2 Å². The highest BCUT2D eigenvalue weighted by Gasteiger charge is 2.20. The molecule has 0 N–H and O–H groups in total. The molecule has 1 unspecified atom stereocenters. The molecular formula is C6H9F3O3. The van der Waals surface area contributed by atoms with Gasteiger partial charge in [0.1, 0.15) is 6.61 Å². The molecule has 0 spiro atoms. The first-order valence-electron chi connectivity index (χ1n) is 3.28. The molecule has 0 saturated heterocycles. The van der Waals surface area contributed by atoms with Crippen LogP contribution in [-0.4, -0.2) is 32.0 Å². The van der Waals surface area contributed by atoms with E-state index >= 15 is 0 Å². The van der Waals surface area contributed by atoms with Gasteiger partial charge in [0, 0.05) is 0 Å². The van der Waals surface area contributed by atoms with Gasteiger partial charge in [-0.15, -0.1) is 0 Å². The van der Waals surface area contributed by atoms with E-state index in [2.05, 4.69) is 9.47 Å². The van der Waals surface area contributed by atoms with Crippen LogP contribution in [0.2, 0.25) is 0 Å². The Morgan fingerprint density at radius 1 is 1.42 bits per heavy atom. The van der Waals surface area contributed by atoms with Crippen molar-refractivity contribution in [1.29, 1.82) is 0 Å². The Balaban J connectivity index is 3.56. The Hall–Kier alpha value is -0.780. The third-order valence-electron chi connectivity index (χ3n) is 0.840. The van der Waals surface area contributed by atoms with Gasteiger partial charge in [-0.1, -0.05) is 0 Å². The van der Waals surface area contributed by atoms with Crippen LogP contribution in [-0.2, 0) is 14.3 Å². The zero-order chi connectivity index (χ0) is 9.56. The van der Waals surface area contributed by atoms with Crippen molar-refractivity contribution in [3.8, 4) is 0 Å². The van der Waals surface area contributed by atoms with Gasteiger partial charge in [-0.25, -0.2) is 18.0 Å². The monoisotopic (exact) mass is 186 g/mol. The minimum absolute atomic E-state index is 0.0166. The number of esters is 1. The first-order valence-corrected chi connectivity index (χ1v) is 3.28. The van der Waals surface area contributed by atoms with Crippen molar-refractivity contribution in [3.63, 3.8) is 0 Å². The number of rotatable bonds is 5. The molecule has 0 fully saturated rings. The quantitative estimate of drug-likeness (QED) is 0.603. The fourth-order valence-electron chi connectivity index (χ4n) is 0.433. The van der Waals surface area contributed by atoms with Crippen molar-refractivity contribution in [3.05, 3.63) is 0 Å². The summed E-state index contributed by atoms with van der Waals surface area (Å²) in [6.45, 7) is 0.342. The van der Waals surface area contributed by atoms with Crippen molar-refractivity contribution in [1.82, 2.24) is 0 Å². The molecule has 0 rings (SSSR count). The second-order valence-electron chi connectivity index (χ2n) is 1.79. The van der Waals surface area contributed by atoms with Gasteiger partial charge in [0.2, 0.25) is 0 Å². The summed E-state index contributed by atoms with van der Waals surface area (Å²) in [6, 6.07) is 0. The van der Waals surface area contributed by atoms with Crippen LogP contribution in [0.4, 0.5) is 13.2 Å². The summed E-state index contributed by atoms with van der Waals surface area (Å²) in [5.74, 6) is -1.28. The van der Waals surface area contributed by atoms with Gasteiger partial charge in [-0.2, -0.15) is 0 Å². The fraction of sp³-hybridized carbons (Fsp3) is 0.833. The molecule has 1 atom stereocenters. The lowest BCUT2D eigenvalue weighted by Gasteiger charge is -2.07. The Morgan fingerprint density at radius 3 is 2.42 bits per heavy atom. The molecular weight excluding hydrogens is 177 g/mol. The molecule has 3 nitrogen and oxygen atoms in total. The Kier molecular flexibility index (Phi) is 5.44. The molecule has 0 aliphatic carbocycles. The molecule has 0 heterocycles. The lowest BCUT2D eigenvalue weighted by atomic mass is 10.6. The molecule has 0 amide bonds. The zero-order valence-corrected chi connectivity index (χ0v) is 6.43.